The Hall–Kier alpha value is -1.27. The normalized spacial score (nSPS) is 14.1. The predicted molar refractivity (Wildman–Crippen MR) is 75.2 cm³/mol. The smallest absolute Gasteiger partial charge is 0.258 e. The van der Waals surface area contributed by atoms with Gasteiger partial charge in [0.25, 0.3) is 5.91 Å². The van der Waals surface area contributed by atoms with Crippen molar-refractivity contribution in [1.82, 2.24) is 5.32 Å². The van der Waals surface area contributed by atoms with Gasteiger partial charge in [0.1, 0.15) is 0 Å². The molecule has 0 bridgehead atoms. The minimum atomic E-state index is -0.112. The zero-order valence-corrected chi connectivity index (χ0v) is 12.3. The molecule has 0 heterocycles. The van der Waals surface area contributed by atoms with E-state index in [4.69, 9.17) is 15.2 Å². The molecule has 104 valence electrons. The lowest BCUT2D eigenvalue weighted by Gasteiger charge is -2.13. The van der Waals surface area contributed by atoms with Gasteiger partial charge in [0.2, 0.25) is 0 Å². The van der Waals surface area contributed by atoms with Crippen LogP contribution in [0, 0.1) is 0 Å². The van der Waals surface area contributed by atoms with E-state index in [1.165, 1.54) is 0 Å². The molecule has 0 radical (unpaired) electrons. The highest BCUT2D eigenvalue weighted by Gasteiger charge is 2.23. The Labute approximate surface area is 120 Å². The third kappa shape index (κ3) is 3.84. The van der Waals surface area contributed by atoms with Gasteiger partial charge in [0, 0.05) is 12.6 Å². The Kier molecular flexibility index (Phi) is 4.66. The number of rotatable bonds is 6. The highest BCUT2D eigenvalue weighted by molar-refractivity contribution is 9.10. The van der Waals surface area contributed by atoms with Gasteiger partial charge >= 0.3 is 0 Å². The molecule has 0 aromatic heterocycles. The highest BCUT2D eigenvalue weighted by atomic mass is 79.9. The fraction of sp³-hybridized carbons (Fsp3) is 0.462. The first-order valence-electron chi connectivity index (χ1n) is 6.12. The Balaban J connectivity index is 2.03. The Morgan fingerprint density at radius 2 is 2.26 bits per heavy atom. The second-order valence-corrected chi connectivity index (χ2v) is 5.30. The molecule has 0 spiro atoms. The van der Waals surface area contributed by atoms with E-state index in [2.05, 4.69) is 21.2 Å². The molecule has 1 amide bonds. The average molecular weight is 329 g/mol. The first kappa shape index (κ1) is 14.1. The molecule has 2 rings (SSSR count). The molecule has 0 saturated heterocycles. The van der Waals surface area contributed by atoms with E-state index in [1.54, 1.807) is 13.2 Å². The van der Waals surface area contributed by atoms with Crippen molar-refractivity contribution in [2.75, 3.05) is 13.7 Å². The number of nitrogens with one attached hydrogen (secondary N) is 1. The molecule has 3 N–H and O–H groups in total. The summed E-state index contributed by atoms with van der Waals surface area (Å²) in [5.41, 5.74) is 6.52. The van der Waals surface area contributed by atoms with Gasteiger partial charge in [-0.05, 0) is 46.5 Å². The minimum Gasteiger partial charge on any atom is -0.493 e. The van der Waals surface area contributed by atoms with Crippen LogP contribution in [0.2, 0.25) is 0 Å². The topological polar surface area (TPSA) is 73.6 Å². The summed E-state index contributed by atoms with van der Waals surface area (Å²) in [7, 11) is 1.55. The van der Waals surface area contributed by atoms with E-state index >= 15 is 0 Å². The molecule has 1 aliphatic rings. The van der Waals surface area contributed by atoms with Crippen LogP contribution in [0.15, 0.2) is 16.6 Å². The van der Waals surface area contributed by atoms with Crippen LogP contribution in [0.3, 0.4) is 0 Å². The van der Waals surface area contributed by atoms with Crippen molar-refractivity contribution in [1.29, 1.82) is 0 Å². The molecule has 1 aliphatic carbocycles. The van der Waals surface area contributed by atoms with E-state index in [-0.39, 0.29) is 12.5 Å². The van der Waals surface area contributed by atoms with Crippen molar-refractivity contribution in [2.24, 2.45) is 5.73 Å². The zero-order valence-electron chi connectivity index (χ0n) is 10.7. The zero-order chi connectivity index (χ0) is 13.8. The van der Waals surface area contributed by atoms with Crippen LogP contribution in [-0.4, -0.2) is 25.7 Å². The third-order valence-corrected chi connectivity index (χ3v) is 3.40. The molecule has 0 aliphatic heterocycles. The van der Waals surface area contributed by atoms with E-state index in [0.717, 1.165) is 22.9 Å². The summed E-state index contributed by atoms with van der Waals surface area (Å²) < 4.78 is 11.5. The van der Waals surface area contributed by atoms with Gasteiger partial charge < -0.3 is 20.5 Å². The lowest BCUT2D eigenvalue weighted by Crippen LogP contribution is -2.30. The molecule has 5 nitrogen and oxygen atoms in total. The molecule has 0 atom stereocenters. The van der Waals surface area contributed by atoms with Crippen molar-refractivity contribution < 1.29 is 14.3 Å². The van der Waals surface area contributed by atoms with Crippen molar-refractivity contribution in [3.05, 3.63) is 22.2 Å². The highest BCUT2D eigenvalue weighted by Crippen LogP contribution is 2.36. The standard InChI is InChI=1S/C13H17BrN2O3/c1-18-11-5-8(6-15)4-10(14)13(11)19-7-12(17)16-9-2-3-9/h4-5,9H,2-3,6-7,15H2,1H3,(H,16,17). The first-order valence-corrected chi connectivity index (χ1v) is 6.92. The molecule has 19 heavy (non-hydrogen) atoms. The number of carbonyl (C=O) groups is 1. The van der Waals surface area contributed by atoms with Gasteiger partial charge in [-0.15, -0.1) is 0 Å². The van der Waals surface area contributed by atoms with Crippen molar-refractivity contribution >= 4 is 21.8 Å². The lowest BCUT2D eigenvalue weighted by atomic mass is 10.2. The molecular formula is C13H17BrN2O3. The summed E-state index contributed by atoms with van der Waals surface area (Å²) in [4.78, 5) is 11.6. The van der Waals surface area contributed by atoms with Crippen LogP contribution in [0.1, 0.15) is 18.4 Å². The Morgan fingerprint density at radius 1 is 1.53 bits per heavy atom. The largest absolute Gasteiger partial charge is 0.493 e. The summed E-state index contributed by atoms with van der Waals surface area (Å²) in [6, 6.07) is 4.00. The number of methoxy groups -OCH3 is 1. The van der Waals surface area contributed by atoms with Crippen LogP contribution in [0.5, 0.6) is 11.5 Å². The second kappa shape index (κ2) is 6.25. The van der Waals surface area contributed by atoms with E-state index in [1.807, 2.05) is 6.07 Å². The Bertz CT molecular complexity index is 475. The third-order valence-electron chi connectivity index (χ3n) is 2.81. The fourth-order valence-corrected chi connectivity index (χ4v) is 2.27. The molecule has 6 heteroatoms. The SMILES string of the molecule is COc1cc(CN)cc(Br)c1OCC(=O)NC1CC1. The maximum atomic E-state index is 11.6. The first-order chi connectivity index (χ1) is 9.13. The van der Waals surface area contributed by atoms with Gasteiger partial charge in [-0.2, -0.15) is 0 Å². The van der Waals surface area contributed by atoms with Gasteiger partial charge in [-0.3, -0.25) is 4.79 Å². The average Bonchev–Trinajstić information content (AvgIpc) is 3.20. The number of nitrogens with two attached hydrogens (primary N) is 1. The van der Waals surface area contributed by atoms with Gasteiger partial charge in [0.15, 0.2) is 18.1 Å². The number of halogens is 1. The summed E-state index contributed by atoms with van der Waals surface area (Å²) >= 11 is 3.40. The summed E-state index contributed by atoms with van der Waals surface area (Å²) in [6.07, 6.45) is 2.12. The van der Waals surface area contributed by atoms with Crippen molar-refractivity contribution in [3.63, 3.8) is 0 Å². The van der Waals surface area contributed by atoms with Crippen molar-refractivity contribution in [3.8, 4) is 11.5 Å². The van der Waals surface area contributed by atoms with Gasteiger partial charge in [-0.1, -0.05) is 0 Å². The molecule has 0 unspecified atom stereocenters. The second-order valence-electron chi connectivity index (χ2n) is 4.44. The molecular weight excluding hydrogens is 312 g/mol. The summed E-state index contributed by atoms with van der Waals surface area (Å²) in [5.74, 6) is 0.971. The number of ether oxygens (including phenoxy) is 2. The maximum absolute atomic E-state index is 11.6. The summed E-state index contributed by atoms with van der Waals surface area (Å²) in [5, 5.41) is 2.86. The van der Waals surface area contributed by atoms with Crippen LogP contribution in [0.4, 0.5) is 0 Å². The predicted octanol–water partition coefficient (Wildman–Crippen LogP) is 1.57. The van der Waals surface area contributed by atoms with Gasteiger partial charge in [-0.25, -0.2) is 0 Å². The van der Waals surface area contributed by atoms with Crippen LogP contribution in [-0.2, 0) is 11.3 Å². The number of carbonyl (C=O) groups excluding carboxylic acids is 1. The number of amides is 1. The quantitative estimate of drug-likeness (QED) is 0.831. The Morgan fingerprint density at radius 3 is 2.84 bits per heavy atom. The molecule has 1 aromatic rings. The van der Waals surface area contributed by atoms with Crippen LogP contribution < -0.4 is 20.5 Å². The van der Waals surface area contributed by atoms with E-state index in [0.29, 0.717) is 24.1 Å². The monoisotopic (exact) mass is 328 g/mol. The van der Waals surface area contributed by atoms with Crippen molar-refractivity contribution in [2.45, 2.75) is 25.4 Å². The summed E-state index contributed by atoms with van der Waals surface area (Å²) in [6.45, 7) is 0.394. The molecule has 1 saturated carbocycles. The maximum Gasteiger partial charge on any atom is 0.258 e. The molecule has 1 fully saturated rings. The van der Waals surface area contributed by atoms with Gasteiger partial charge in [0.05, 0.1) is 11.6 Å². The van der Waals surface area contributed by atoms with Crippen LogP contribution in [0.25, 0.3) is 0 Å². The number of hydrogen-bond acceptors (Lipinski definition) is 4. The number of hydrogen-bond donors (Lipinski definition) is 2. The van der Waals surface area contributed by atoms with E-state index < -0.39 is 0 Å². The number of benzene rings is 1. The fourth-order valence-electron chi connectivity index (χ4n) is 1.67. The minimum absolute atomic E-state index is 0.0204. The van der Waals surface area contributed by atoms with Crippen LogP contribution >= 0.6 is 15.9 Å². The van der Waals surface area contributed by atoms with E-state index in [9.17, 15) is 4.79 Å². The lowest BCUT2D eigenvalue weighted by molar-refractivity contribution is -0.123. The molecule has 1 aromatic carbocycles.